The van der Waals surface area contributed by atoms with Crippen LogP contribution in [0.25, 0.3) is 0 Å². The Morgan fingerprint density at radius 2 is 1.80 bits per heavy atom. The number of anilines is 3. The minimum Gasteiger partial charge on any atom is -0.328 e. The van der Waals surface area contributed by atoms with Crippen LogP contribution in [0.3, 0.4) is 0 Å². The van der Waals surface area contributed by atoms with E-state index >= 15 is 0 Å². The van der Waals surface area contributed by atoms with Crippen molar-refractivity contribution in [2.45, 2.75) is 6.92 Å². The van der Waals surface area contributed by atoms with Crippen LogP contribution in [0.1, 0.15) is 16.1 Å². The molecule has 0 radical (unpaired) electrons. The Bertz CT molecular complexity index is 882. The fraction of sp³-hybridized carbons (Fsp3) is 0.105. The van der Waals surface area contributed by atoms with Crippen molar-refractivity contribution < 1.29 is 4.79 Å². The van der Waals surface area contributed by atoms with Crippen molar-refractivity contribution in [3.05, 3.63) is 76.4 Å². The Kier molecular flexibility index (Phi) is 5.09. The first-order valence-electron chi connectivity index (χ1n) is 7.74. The molecule has 5 nitrogen and oxygen atoms in total. The Morgan fingerprint density at radius 3 is 2.44 bits per heavy atom. The molecule has 0 atom stereocenters. The van der Waals surface area contributed by atoms with Gasteiger partial charge in [0.2, 0.25) is 0 Å². The van der Waals surface area contributed by atoms with Crippen molar-refractivity contribution in [3.8, 4) is 0 Å². The lowest BCUT2D eigenvalue weighted by molar-refractivity contribution is 0.102. The van der Waals surface area contributed by atoms with Gasteiger partial charge >= 0.3 is 0 Å². The molecule has 0 spiro atoms. The van der Waals surface area contributed by atoms with Crippen LogP contribution in [0.4, 0.5) is 17.2 Å². The molecule has 25 heavy (non-hydrogen) atoms. The normalized spacial score (nSPS) is 10.4. The molecule has 1 N–H and O–H groups in total. The number of carbonyl (C=O) groups excluding carboxylic acids is 1. The molecule has 1 amide bonds. The highest BCUT2D eigenvalue weighted by Crippen LogP contribution is 2.22. The third kappa shape index (κ3) is 4.03. The number of rotatable bonds is 4. The van der Waals surface area contributed by atoms with Gasteiger partial charge in [0.05, 0.1) is 0 Å². The monoisotopic (exact) mass is 396 g/mol. The van der Waals surface area contributed by atoms with Gasteiger partial charge in [-0.05, 0) is 48.9 Å². The minimum absolute atomic E-state index is 0.266. The van der Waals surface area contributed by atoms with Crippen molar-refractivity contribution >= 4 is 39.0 Å². The van der Waals surface area contributed by atoms with E-state index < -0.39 is 0 Å². The van der Waals surface area contributed by atoms with Crippen LogP contribution in [0, 0.1) is 6.92 Å². The van der Waals surface area contributed by atoms with E-state index in [-0.39, 0.29) is 11.6 Å². The lowest BCUT2D eigenvalue weighted by Gasteiger charge is -2.17. The highest BCUT2D eigenvalue weighted by Gasteiger charge is 2.11. The zero-order chi connectivity index (χ0) is 17.8. The topological polar surface area (TPSA) is 58.1 Å². The molecule has 1 heterocycles. The molecule has 0 aliphatic heterocycles. The Labute approximate surface area is 154 Å². The Balaban J connectivity index is 1.73. The Hall–Kier alpha value is -2.73. The van der Waals surface area contributed by atoms with Gasteiger partial charge < -0.3 is 10.2 Å². The van der Waals surface area contributed by atoms with E-state index in [0.717, 1.165) is 15.7 Å². The van der Waals surface area contributed by atoms with E-state index in [1.807, 2.05) is 67.4 Å². The molecule has 3 rings (SSSR count). The second kappa shape index (κ2) is 7.44. The molecule has 0 aliphatic carbocycles. The summed E-state index contributed by atoms with van der Waals surface area (Å²) in [6.45, 7) is 1.99. The Morgan fingerprint density at radius 1 is 1.04 bits per heavy atom. The van der Waals surface area contributed by atoms with Crippen molar-refractivity contribution in [2.24, 2.45) is 0 Å². The number of nitrogens with zero attached hydrogens (tertiary/aromatic N) is 3. The second-order valence-electron chi connectivity index (χ2n) is 5.59. The summed E-state index contributed by atoms with van der Waals surface area (Å²) in [4.78, 5) is 14.2. The SMILES string of the molecule is Cc1ccc(NC(=O)c2ccc(N(C)c3ccccc3)nn2)cc1Br. The van der Waals surface area contributed by atoms with Crippen LogP contribution in [0.15, 0.2) is 65.1 Å². The van der Waals surface area contributed by atoms with Gasteiger partial charge in [0.25, 0.3) is 5.91 Å². The molecule has 1 aromatic heterocycles. The molecule has 3 aromatic rings. The summed E-state index contributed by atoms with van der Waals surface area (Å²) < 4.78 is 0.941. The van der Waals surface area contributed by atoms with Crippen LogP contribution < -0.4 is 10.2 Å². The standard InChI is InChI=1S/C19H17BrN4O/c1-13-8-9-14(12-16(13)20)21-19(25)17-10-11-18(23-22-17)24(2)15-6-4-3-5-7-15/h3-12H,1-2H3,(H,21,25). The quantitative estimate of drug-likeness (QED) is 0.701. The molecule has 126 valence electrons. The average molecular weight is 397 g/mol. The van der Waals surface area contributed by atoms with Crippen molar-refractivity contribution in [3.63, 3.8) is 0 Å². The first-order chi connectivity index (χ1) is 12.0. The lowest BCUT2D eigenvalue weighted by Crippen LogP contribution is -2.16. The molecule has 2 aromatic carbocycles. The number of para-hydroxylation sites is 1. The predicted molar refractivity (Wildman–Crippen MR) is 103 cm³/mol. The third-order valence-corrected chi connectivity index (χ3v) is 4.65. The fourth-order valence-corrected chi connectivity index (χ4v) is 2.65. The van der Waals surface area contributed by atoms with Gasteiger partial charge in [0, 0.05) is 22.9 Å². The van der Waals surface area contributed by atoms with Crippen LogP contribution in [0.2, 0.25) is 0 Å². The molecule has 0 saturated carbocycles. The molecule has 0 fully saturated rings. The summed E-state index contributed by atoms with van der Waals surface area (Å²) >= 11 is 3.46. The smallest absolute Gasteiger partial charge is 0.276 e. The number of nitrogens with one attached hydrogen (secondary N) is 1. The number of hydrogen-bond donors (Lipinski definition) is 1. The summed E-state index contributed by atoms with van der Waals surface area (Å²) in [6, 6.07) is 18.9. The summed E-state index contributed by atoms with van der Waals surface area (Å²) in [5.41, 5.74) is 3.07. The van der Waals surface area contributed by atoms with E-state index in [2.05, 4.69) is 31.4 Å². The third-order valence-electron chi connectivity index (χ3n) is 3.80. The number of aromatic nitrogens is 2. The molecule has 0 aliphatic rings. The van der Waals surface area contributed by atoms with Gasteiger partial charge in [0.1, 0.15) is 0 Å². The molecule has 0 unspecified atom stereocenters. The number of aryl methyl sites for hydroxylation is 1. The highest BCUT2D eigenvalue weighted by molar-refractivity contribution is 9.10. The maximum atomic E-state index is 12.3. The number of halogens is 1. The number of amides is 1. The molecular formula is C19H17BrN4O. The minimum atomic E-state index is -0.294. The van der Waals surface area contributed by atoms with E-state index in [9.17, 15) is 4.79 Å². The van der Waals surface area contributed by atoms with Crippen molar-refractivity contribution in [2.75, 3.05) is 17.3 Å². The van der Waals surface area contributed by atoms with E-state index in [4.69, 9.17) is 0 Å². The first-order valence-corrected chi connectivity index (χ1v) is 8.54. The van der Waals surface area contributed by atoms with E-state index in [1.165, 1.54) is 0 Å². The van der Waals surface area contributed by atoms with Gasteiger partial charge in [0.15, 0.2) is 11.5 Å². The summed E-state index contributed by atoms with van der Waals surface area (Å²) in [5.74, 6) is 0.373. The summed E-state index contributed by atoms with van der Waals surface area (Å²) in [6.07, 6.45) is 0. The molecule has 0 saturated heterocycles. The van der Waals surface area contributed by atoms with Gasteiger partial charge in [-0.1, -0.05) is 40.2 Å². The average Bonchev–Trinajstić information content (AvgIpc) is 2.65. The van der Waals surface area contributed by atoms with Gasteiger partial charge in [-0.25, -0.2) is 0 Å². The van der Waals surface area contributed by atoms with Gasteiger partial charge in [-0.2, -0.15) is 0 Å². The zero-order valence-corrected chi connectivity index (χ0v) is 15.5. The molecular weight excluding hydrogens is 380 g/mol. The maximum absolute atomic E-state index is 12.3. The van der Waals surface area contributed by atoms with Gasteiger partial charge in [-0.3, -0.25) is 4.79 Å². The molecule has 0 bridgehead atoms. The second-order valence-corrected chi connectivity index (χ2v) is 6.44. The molecule has 6 heteroatoms. The van der Waals surface area contributed by atoms with Crippen molar-refractivity contribution in [1.82, 2.24) is 10.2 Å². The summed E-state index contributed by atoms with van der Waals surface area (Å²) in [7, 11) is 1.91. The first kappa shape index (κ1) is 17.1. The number of carbonyl (C=O) groups is 1. The number of benzene rings is 2. The highest BCUT2D eigenvalue weighted by atomic mass is 79.9. The largest absolute Gasteiger partial charge is 0.328 e. The van der Waals surface area contributed by atoms with Crippen LogP contribution in [0.5, 0.6) is 0 Å². The van der Waals surface area contributed by atoms with Crippen LogP contribution >= 0.6 is 15.9 Å². The fourth-order valence-electron chi connectivity index (χ4n) is 2.27. The van der Waals surface area contributed by atoms with Crippen LogP contribution in [-0.4, -0.2) is 23.2 Å². The zero-order valence-electron chi connectivity index (χ0n) is 13.9. The predicted octanol–water partition coefficient (Wildman–Crippen LogP) is 4.57. The van der Waals surface area contributed by atoms with Crippen molar-refractivity contribution in [1.29, 1.82) is 0 Å². The summed E-state index contributed by atoms with van der Waals surface area (Å²) in [5, 5.41) is 11.0. The van der Waals surface area contributed by atoms with E-state index in [0.29, 0.717) is 11.5 Å². The van der Waals surface area contributed by atoms with Crippen LogP contribution in [-0.2, 0) is 0 Å². The van der Waals surface area contributed by atoms with E-state index in [1.54, 1.807) is 12.1 Å². The lowest BCUT2D eigenvalue weighted by atomic mass is 10.2. The number of hydrogen-bond acceptors (Lipinski definition) is 4. The maximum Gasteiger partial charge on any atom is 0.276 e. The van der Waals surface area contributed by atoms with Gasteiger partial charge in [-0.15, -0.1) is 10.2 Å².